The first-order valence-corrected chi connectivity index (χ1v) is 7.31. The van der Waals surface area contributed by atoms with Gasteiger partial charge < -0.3 is 9.47 Å². The number of hydrogen-bond donors (Lipinski definition) is 1. The molecule has 0 unspecified atom stereocenters. The average Bonchev–Trinajstić information content (AvgIpc) is 2.36. The molecule has 1 aromatic rings. The van der Waals surface area contributed by atoms with Gasteiger partial charge in [-0.3, -0.25) is 5.32 Å². The highest BCUT2D eigenvalue weighted by molar-refractivity contribution is 9.09. The number of hydrogen-bond acceptors (Lipinski definition) is 3. The van der Waals surface area contributed by atoms with Gasteiger partial charge in [-0.25, -0.2) is 4.79 Å². The van der Waals surface area contributed by atoms with Crippen LogP contribution in [0.4, 0.5) is 10.5 Å². The fraction of sp³-hybridized carbons (Fsp3) is 0.400. The number of carbonyl (C=O) groups is 1. The Hall–Kier alpha value is -1.49. The second-order valence-corrected chi connectivity index (χ2v) is 5.84. The van der Waals surface area contributed by atoms with E-state index in [1.54, 1.807) is 19.2 Å². The Kier molecular flexibility index (Phi) is 5.62. The first-order valence-electron chi connectivity index (χ1n) is 6.19. The van der Waals surface area contributed by atoms with Crippen LogP contribution in [-0.4, -0.2) is 24.1 Å². The first kappa shape index (κ1) is 16.6. The van der Waals surface area contributed by atoms with Crippen LogP contribution >= 0.6 is 15.9 Å². The Bertz CT molecular complexity index is 506. The van der Waals surface area contributed by atoms with Crippen molar-refractivity contribution in [2.75, 3.05) is 17.8 Å². The molecule has 1 N–H and O–H groups in total. The van der Waals surface area contributed by atoms with Crippen molar-refractivity contribution in [2.24, 2.45) is 0 Å². The van der Waals surface area contributed by atoms with E-state index in [2.05, 4.69) is 27.8 Å². The summed E-state index contributed by atoms with van der Waals surface area (Å²) in [6.07, 6.45) is -0.494. The van der Waals surface area contributed by atoms with E-state index in [4.69, 9.17) is 9.47 Å². The molecule has 110 valence electrons. The van der Waals surface area contributed by atoms with Crippen LogP contribution in [0.5, 0.6) is 5.75 Å². The Morgan fingerprint density at radius 2 is 2.05 bits per heavy atom. The number of rotatable bonds is 4. The van der Waals surface area contributed by atoms with E-state index in [9.17, 15) is 4.79 Å². The van der Waals surface area contributed by atoms with Crippen LogP contribution < -0.4 is 10.1 Å². The minimum Gasteiger partial charge on any atom is -0.497 e. The molecule has 20 heavy (non-hydrogen) atoms. The van der Waals surface area contributed by atoms with Crippen LogP contribution in [0.25, 0.3) is 5.57 Å². The molecule has 1 aromatic carbocycles. The van der Waals surface area contributed by atoms with E-state index in [1.807, 2.05) is 26.8 Å². The van der Waals surface area contributed by atoms with Gasteiger partial charge in [-0.1, -0.05) is 22.5 Å². The fourth-order valence-electron chi connectivity index (χ4n) is 1.54. The highest BCUT2D eigenvalue weighted by Gasteiger charge is 2.17. The summed E-state index contributed by atoms with van der Waals surface area (Å²) in [4.78, 5) is 11.8. The Morgan fingerprint density at radius 1 is 1.40 bits per heavy atom. The minimum atomic E-state index is -0.539. The van der Waals surface area contributed by atoms with Gasteiger partial charge in [-0.2, -0.15) is 0 Å². The molecule has 0 aliphatic heterocycles. The van der Waals surface area contributed by atoms with Gasteiger partial charge in [0.1, 0.15) is 11.4 Å². The Balaban J connectivity index is 2.99. The van der Waals surface area contributed by atoms with Crippen molar-refractivity contribution < 1.29 is 14.3 Å². The van der Waals surface area contributed by atoms with Gasteiger partial charge in [0.25, 0.3) is 0 Å². The summed E-state index contributed by atoms with van der Waals surface area (Å²) in [7, 11) is 1.59. The van der Waals surface area contributed by atoms with Gasteiger partial charge in [0.2, 0.25) is 0 Å². The number of allylic oxidation sites excluding steroid dienone is 1. The molecule has 0 aliphatic rings. The number of amides is 1. The topological polar surface area (TPSA) is 47.6 Å². The van der Waals surface area contributed by atoms with Gasteiger partial charge in [0.15, 0.2) is 0 Å². The lowest BCUT2D eigenvalue weighted by Crippen LogP contribution is -2.27. The highest BCUT2D eigenvalue weighted by Crippen LogP contribution is 2.29. The molecule has 0 saturated heterocycles. The van der Waals surface area contributed by atoms with Gasteiger partial charge >= 0.3 is 6.09 Å². The van der Waals surface area contributed by atoms with E-state index in [1.165, 1.54) is 0 Å². The predicted molar refractivity (Wildman–Crippen MR) is 85.7 cm³/mol. The number of alkyl halides is 1. The van der Waals surface area contributed by atoms with Crippen LogP contribution in [-0.2, 0) is 4.74 Å². The molecule has 0 bridgehead atoms. The normalized spacial score (nSPS) is 10.8. The van der Waals surface area contributed by atoms with Crippen LogP contribution in [0, 0.1) is 0 Å². The number of methoxy groups -OCH3 is 1. The summed E-state index contributed by atoms with van der Waals surface area (Å²) in [5.41, 5.74) is 1.76. The minimum absolute atomic E-state index is 0.494. The zero-order valence-electron chi connectivity index (χ0n) is 12.2. The number of carbonyl (C=O) groups excluding carboxylic acids is 1. The number of halogens is 1. The summed E-state index contributed by atoms with van der Waals surface area (Å²) in [5, 5.41) is 3.34. The van der Waals surface area contributed by atoms with E-state index in [0.29, 0.717) is 16.8 Å². The van der Waals surface area contributed by atoms with E-state index in [-0.39, 0.29) is 0 Å². The van der Waals surface area contributed by atoms with Crippen molar-refractivity contribution in [3.63, 3.8) is 0 Å². The van der Waals surface area contributed by atoms with Crippen molar-refractivity contribution in [1.29, 1.82) is 0 Å². The third-order valence-corrected chi connectivity index (χ3v) is 3.08. The quantitative estimate of drug-likeness (QED) is 0.823. The molecule has 0 spiro atoms. The Labute approximate surface area is 128 Å². The summed E-state index contributed by atoms with van der Waals surface area (Å²) >= 11 is 3.36. The number of anilines is 1. The van der Waals surface area contributed by atoms with Gasteiger partial charge in [-0.15, -0.1) is 0 Å². The number of ether oxygens (including phenoxy) is 2. The molecule has 0 fully saturated rings. The maximum absolute atomic E-state index is 11.8. The Morgan fingerprint density at radius 3 is 2.55 bits per heavy atom. The zero-order chi connectivity index (χ0) is 15.3. The molecule has 0 aliphatic carbocycles. The maximum Gasteiger partial charge on any atom is 0.412 e. The lowest BCUT2D eigenvalue weighted by molar-refractivity contribution is 0.0636. The molecule has 5 heteroatoms. The van der Waals surface area contributed by atoms with Gasteiger partial charge in [0.05, 0.1) is 12.8 Å². The van der Waals surface area contributed by atoms with Crippen LogP contribution in [0.1, 0.15) is 26.3 Å². The van der Waals surface area contributed by atoms with Gasteiger partial charge in [-0.05, 0) is 44.5 Å². The molecule has 0 atom stereocenters. The molecule has 1 rings (SSSR count). The first-order chi connectivity index (χ1) is 9.26. The molecule has 4 nitrogen and oxygen atoms in total. The second-order valence-electron chi connectivity index (χ2n) is 5.28. The van der Waals surface area contributed by atoms with E-state index in [0.717, 1.165) is 11.1 Å². The summed E-state index contributed by atoms with van der Waals surface area (Å²) < 4.78 is 10.4. The zero-order valence-corrected chi connectivity index (χ0v) is 13.8. The molecule has 1 amide bonds. The van der Waals surface area contributed by atoms with Crippen LogP contribution in [0.15, 0.2) is 24.8 Å². The third-order valence-electron chi connectivity index (χ3n) is 2.40. The van der Waals surface area contributed by atoms with Crippen molar-refractivity contribution in [1.82, 2.24) is 0 Å². The average molecular weight is 342 g/mol. The summed E-state index contributed by atoms with van der Waals surface area (Å²) in [6, 6.07) is 5.37. The van der Waals surface area contributed by atoms with Crippen LogP contribution in [0.3, 0.4) is 0 Å². The standard InChI is InChI=1S/C15H20BrNO3/c1-10(9-16)12-8-11(19-5)6-7-13(12)17-14(18)20-15(2,3)4/h6-8H,1,9H2,2-5H3,(H,17,18). The SMILES string of the molecule is C=C(CBr)c1cc(OC)ccc1NC(=O)OC(C)(C)C. The monoisotopic (exact) mass is 341 g/mol. The second kappa shape index (κ2) is 6.79. The third kappa shape index (κ3) is 4.89. The van der Waals surface area contributed by atoms with E-state index >= 15 is 0 Å². The lowest BCUT2D eigenvalue weighted by Gasteiger charge is -2.21. The number of benzene rings is 1. The van der Waals surface area contributed by atoms with Crippen molar-refractivity contribution in [3.05, 3.63) is 30.3 Å². The number of nitrogens with one attached hydrogen (secondary N) is 1. The maximum atomic E-state index is 11.8. The summed E-state index contributed by atoms with van der Waals surface area (Å²) in [6.45, 7) is 9.42. The van der Waals surface area contributed by atoms with E-state index < -0.39 is 11.7 Å². The largest absolute Gasteiger partial charge is 0.497 e. The summed E-state index contributed by atoms with van der Waals surface area (Å²) in [5.74, 6) is 0.705. The van der Waals surface area contributed by atoms with Crippen molar-refractivity contribution in [3.8, 4) is 5.75 Å². The lowest BCUT2D eigenvalue weighted by atomic mass is 10.1. The molecule has 0 saturated carbocycles. The molecular formula is C15H20BrNO3. The van der Waals surface area contributed by atoms with Crippen LogP contribution in [0.2, 0.25) is 0 Å². The molecule has 0 heterocycles. The van der Waals surface area contributed by atoms with Gasteiger partial charge in [0, 0.05) is 10.9 Å². The molecule has 0 radical (unpaired) electrons. The van der Waals surface area contributed by atoms with Crippen molar-refractivity contribution in [2.45, 2.75) is 26.4 Å². The smallest absolute Gasteiger partial charge is 0.412 e. The predicted octanol–water partition coefficient (Wildman–Crippen LogP) is 4.45. The van der Waals surface area contributed by atoms with Crippen molar-refractivity contribution >= 4 is 33.3 Å². The fourth-order valence-corrected chi connectivity index (χ4v) is 1.84. The highest BCUT2D eigenvalue weighted by atomic mass is 79.9. The molecule has 0 aromatic heterocycles. The molecular weight excluding hydrogens is 322 g/mol.